The number of nitrogens with one attached hydrogen (secondary N) is 1. The lowest BCUT2D eigenvalue weighted by Gasteiger charge is -2.43. The predicted octanol–water partition coefficient (Wildman–Crippen LogP) is 2.87. The molecule has 6 nitrogen and oxygen atoms in total. The monoisotopic (exact) mass is 393 g/mol. The smallest absolute Gasteiger partial charge is 0.317 e. The fourth-order valence-corrected chi connectivity index (χ4v) is 5.75. The number of piperidine rings is 1. The molecule has 1 N–H and O–H groups in total. The quantitative estimate of drug-likeness (QED) is 0.780. The van der Waals surface area contributed by atoms with E-state index < -0.39 is 0 Å². The molecule has 0 aromatic carbocycles. The van der Waals surface area contributed by atoms with E-state index in [-0.39, 0.29) is 11.4 Å². The SMILES string of the molecule is O=C(NCC1(CN2CCOCC2)CCCCC1)N1CCC(C2CCCO2)CC1. The molecule has 0 bridgehead atoms. The van der Waals surface area contributed by atoms with E-state index in [1.807, 2.05) is 4.90 Å². The van der Waals surface area contributed by atoms with E-state index >= 15 is 0 Å². The van der Waals surface area contributed by atoms with E-state index in [9.17, 15) is 4.79 Å². The average molecular weight is 394 g/mol. The molecule has 1 unspecified atom stereocenters. The van der Waals surface area contributed by atoms with Crippen molar-refractivity contribution in [3.05, 3.63) is 0 Å². The van der Waals surface area contributed by atoms with E-state index in [0.29, 0.717) is 12.0 Å². The number of carbonyl (C=O) groups excluding carboxylic acids is 1. The lowest BCUT2D eigenvalue weighted by atomic mass is 9.73. The molecule has 0 spiro atoms. The number of rotatable bonds is 5. The summed E-state index contributed by atoms with van der Waals surface area (Å²) in [6.45, 7) is 8.39. The molecule has 28 heavy (non-hydrogen) atoms. The van der Waals surface area contributed by atoms with Gasteiger partial charge < -0.3 is 19.7 Å². The zero-order chi connectivity index (χ0) is 19.2. The van der Waals surface area contributed by atoms with Gasteiger partial charge in [0.25, 0.3) is 0 Å². The number of ether oxygens (including phenoxy) is 2. The van der Waals surface area contributed by atoms with Gasteiger partial charge in [-0.05, 0) is 44.4 Å². The minimum atomic E-state index is 0.151. The van der Waals surface area contributed by atoms with Crippen LogP contribution in [0.2, 0.25) is 0 Å². The van der Waals surface area contributed by atoms with Crippen LogP contribution in [-0.2, 0) is 9.47 Å². The summed E-state index contributed by atoms with van der Waals surface area (Å²) in [5.41, 5.74) is 0.251. The molecule has 3 aliphatic heterocycles. The Balaban J connectivity index is 1.25. The standard InChI is InChI=1S/C22H39N3O3/c26-21(25-10-6-19(7-11-25)20-5-4-14-28-20)23-17-22(8-2-1-3-9-22)18-24-12-15-27-16-13-24/h19-20H,1-18H2,(H,23,26). The Morgan fingerprint density at radius 1 is 0.929 bits per heavy atom. The Labute approximate surface area is 170 Å². The summed E-state index contributed by atoms with van der Waals surface area (Å²) in [7, 11) is 0. The summed E-state index contributed by atoms with van der Waals surface area (Å²) >= 11 is 0. The van der Waals surface area contributed by atoms with Gasteiger partial charge in [-0.2, -0.15) is 0 Å². The Morgan fingerprint density at radius 3 is 2.36 bits per heavy atom. The van der Waals surface area contributed by atoms with Gasteiger partial charge in [-0.3, -0.25) is 4.90 Å². The molecule has 160 valence electrons. The Morgan fingerprint density at radius 2 is 1.68 bits per heavy atom. The van der Waals surface area contributed by atoms with Crippen molar-refractivity contribution in [2.75, 3.05) is 59.1 Å². The van der Waals surface area contributed by atoms with Crippen LogP contribution in [0.25, 0.3) is 0 Å². The first kappa shape index (κ1) is 20.4. The molecule has 0 aromatic rings. The maximum Gasteiger partial charge on any atom is 0.317 e. The molecule has 1 saturated carbocycles. The molecule has 0 aromatic heterocycles. The van der Waals surface area contributed by atoms with Crippen LogP contribution in [0.5, 0.6) is 0 Å². The van der Waals surface area contributed by atoms with Gasteiger partial charge in [0.15, 0.2) is 0 Å². The number of hydrogen-bond acceptors (Lipinski definition) is 4. The number of nitrogens with zero attached hydrogens (tertiary/aromatic N) is 2. The summed E-state index contributed by atoms with van der Waals surface area (Å²) in [5.74, 6) is 0.651. The molecule has 0 radical (unpaired) electrons. The zero-order valence-electron chi connectivity index (χ0n) is 17.5. The lowest BCUT2D eigenvalue weighted by molar-refractivity contribution is 0.00721. The van der Waals surface area contributed by atoms with Crippen molar-refractivity contribution in [3.8, 4) is 0 Å². The van der Waals surface area contributed by atoms with Crippen LogP contribution in [0.4, 0.5) is 4.79 Å². The van der Waals surface area contributed by atoms with Crippen LogP contribution >= 0.6 is 0 Å². The van der Waals surface area contributed by atoms with Gasteiger partial charge in [-0.1, -0.05) is 19.3 Å². The Kier molecular flexibility index (Phi) is 7.13. The minimum Gasteiger partial charge on any atom is -0.379 e. The first-order valence-corrected chi connectivity index (χ1v) is 11.7. The first-order valence-electron chi connectivity index (χ1n) is 11.7. The van der Waals surface area contributed by atoms with Crippen LogP contribution in [0.1, 0.15) is 57.8 Å². The maximum atomic E-state index is 12.9. The third-order valence-corrected chi connectivity index (χ3v) is 7.51. The molecule has 1 aliphatic carbocycles. The van der Waals surface area contributed by atoms with Crippen molar-refractivity contribution in [3.63, 3.8) is 0 Å². The van der Waals surface area contributed by atoms with Gasteiger partial charge >= 0.3 is 6.03 Å². The van der Waals surface area contributed by atoms with Gasteiger partial charge in [0.05, 0.1) is 19.3 Å². The van der Waals surface area contributed by atoms with E-state index in [1.54, 1.807) is 0 Å². The molecular formula is C22H39N3O3. The number of amides is 2. The molecule has 2 amide bonds. The van der Waals surface area contributed by atoms with Crippen LogP contribution in [0.3, 0.4) is 0 Å². The highest BCUT2D eigenvalue weighted by Gasteiger charge is 2.36. The van der Waals surface area contributed by atoms with Crippen molar-refractivity contribution in [2.45, 2.75) is 63.9 Å². The molecule has 4 fully saturated rings. The number of hydrogen-bond donors (Lipinski definition) is 1. The number of carbonyl (C=O) groups is 1. The van der Waals surface area contributed by atoms with Crippen molar-refractivity contribution >= 4 is 6.03 Å². The van der Waals surface area contributed by atoms with E-state index in [0.717, 1.165) is 71.9 Å². The maximum absolute atomic E-state index is 12.9. The highest BCUT2D eigenvalue weighted by atomic mass is 16.5. The third-order valence-electron chi connectivity index (χ3n) is 7.51. The molecule has 3 saturated heterocycles. The van der Waals surface area contributed by atoms with Gasteiger partial charge in [-0.15, -0.1) is 0 Å². The highest BCUT2D eigenvalue weighted by molar-refractivity contribution is 5.74. The summed E-state index contributed by atoms with van der Waals surface area (Å²) in [6.07, 6.45) is 11.5. The zero-order valence-corrected chi connectivity index (χ0v) is 17.5. The van der Waals surface area contributed by atoms with Gasteiger partial charge in [0.1, 0.15) is 0 Å². The van der Waals surface area contributed by atoms with Crippen molar-refractivity contribution in [1.82, 2.24) is 15.1 Å². The second-order valence-electron chi connectivity index (χ2n) is 9.48. The van der Waals surface area contributed by atoms with E-state index in [2.05, 4.69) is 10.2 Å². The average Bonchev–Trinajstić information content (AvgIpc) is 3.29. The first-order chi connectivity index (χ1) is 13.7. The fourth-order valence-electron chi connectivity index (χ4n) is 5.75. The minimum absolute atomic E-state index is 0.151. The molecule has 1 atom stereocenters. The molecule has 6 heteroatoms. The molecule has 4 aliphatic rings. The Bertz CT molecular complexity index is 489. The molecular weight excluding hydrogens is 354 g/mol. The van der Waals surface area contributed by atoms with Crippen LogP contribution in [0.15, 0.2) is 0 Å². The van der Waals surface area contributed by atoms with Crippen molar-refractivity contribution < 1.29 is 14.3 Å². The lowest BCUT2D eigenvalue weighted by Crippen LogP contribution is -2.52. The third kappa shape index (κ3) is 5.19. The van der Waals surface area contributed by atoms with Gasteiger partial charge in [-0.25, -0.2) is 4.79 Å². The summed E-state index contributed by atoms with van der Waals surface area (Å²) in [4.78, 5) is 17.4. The van der Waals surface area contributed by atoms with Crippen LogP contribution < -0.4 is 5.32 Å². The van der Waals surface area contributed by atoms with Gasteiger partial charge in [0, 0.05) is 51.3 Å². The highest BCUT2D eigenvalue weighted by Crippen LogP contribution is 2.37. The number of morpholine rings is 1. The van der Waals surface area contributed by atoms with Crippen LogP contribution in [-0.4, -0.2) is 81.0 Å². The van der Waals surface area contributed by atoms with Crippen molar-refractivity contribution in [1.29, 1.82) is 0 Å². The Hall–Kier alpha value is -0.850. The summed E-state index contributed by atoms with van der Waals surface area (Å²) < 4.78 is 11.4. The van der Waals surface area contributed by atoms with E-state index in [4.69, 9.17) is 9.47 Å². The summed E-state index contributed by atoms with van der Waals surface area (Å²) in [6, 6.07) is 0.151. The fraction of sp³-hybridized carbons (Fsp3) is 0.955. The second kappa shape index (κ2) is 9.77. The van der Waals surface area contributed by atoms with E-state index in [1.165, 1.54) is 44.9 Å². The topological polar surface area (TPSA) is 54.0 Å². The molecule has 3 heterocycles. The summed E-state index contributed by atoms with van der Waals surface area (Å²) in [5, 5.41) is 3.33. The largest absolute Gasteiger partial charge is 0.379 e. The normalized spacial score (nSPS) is 29.7. The van der Waals surface area contributed by atoms with Crippen molar-refractivity contribution in [2.24, 2.45) is 11.3 Å². The van der Waals surface area contributed by atoms with Crippen LogP contribution in [0, 0.1) is 11.3 Å². The predicted molar refractivity (Wildman–Crippen MR) is 109 cm³/mol. The van der Waals surface area contributed by atoms with Gasteiger partial charge in [0.2, 0.25) is 0 Å². The number of urea groups is 1. The molecule has 4 rings (SSSR count). The number of likely N-dealkylation sites (tertiary alicyclic amines) is 1. The second-order valence-corrected chi connectivity index (χ2v) is 9.48.